The Labute approximate surface area is 157 Å². The number of rotatable bonds is 5. The van der Waals surface area contributed by atoms with Gasteiger partial charge >= 0.3 is 5.97 Å². The van der Waals surface area contributed by atoms with Crippen LogP contribution in [0.15, 0.2) is 47.4 Å². The van der Waals surface area contributed by atoms with Crippen molar-refractivity contribution in [3.63, 3.8) is 0 Å². The second kappa shape index (κ2) is 8.47. The average Bonchev–Trinajstić information content (AvgIpc) is 2.57. The van der Waals surface area contributed by atoms with Crippen LogP contribution >= 0.6 is 23.2 Å². The van der Waals surface area contributed by atoms with Gasteiger partial charge in [-0.15, -0.1) is 0 Å². The zero-order valence-corrected chi connectivity index (χ0v) is 15.7. The van der Waals surface area contributed by atoms with Crippen molar-refractivity contribution in [2.24, 2.45) is 0 Å². The summed E-state index contributed by atoms with van der Waals surface area (Å²) in [6.07, 6.45) is 0.391. The van der Waals surface area contributed by atoms with E-state index in [-0.39, 0.29) is 10.6 Å². The zero-order valence-electron chi connectivity index (χ0n) is 13.4. The quantitative estimate of drug-likeness (QED) is 0.773. The molecule has 0 aliphatic rings. The third-order valence-corrected chi connectivity index (χ3v) is 4.78. The Kier molecular flexibility index (Phi) is 6.58. The number of halogens is 2. The van der Waals surface area contributed by atoms with Gasteiger partial charge in [-0.2, -0.15) is 0 Å². The standard InChI is InChI=1S/C17H15Cl2NO4S/c1-10(16(21)20-14-8-7-11(18)9-13(14)19)24-17(22)12-5-3-4-6-15(12)25(2)23/h3-10H,1-2H3,(H,20,21)/t10-,25+/m0/s1. The number of benzene rings is 2. The minimum atomic E-state index is -1.35. The summed E-state index contributed by atoms with van der Waals surface area (Å²) in [4.78, 5) is 24.8. The monoisotopic (exact) mass is 399 g/mol. The van der Waals surface area contributed by atoms with Gasteiger partial charge in [-0.05, 0) is 37.3 Å². The normalized spacial score (nSPS) is 13.0. The Morgan fingerprint density at radius 1 is 1.16 bits per heavy atom. The van der Waals surface area contributed by atoms with E-state index in [0.29, 0.717) is 15.6 Å². The maximum atomic E-state index is 12.3. The molecule has 2 rings (SSSR count). The molecule has 2 atom stereocenters. The molecule has 0 heterocycles. The van der Waals surface area contributed by atoms with Crippen LogP contribution in [-0.2, 0) is 20.3 Å². The fraction of sp³-hybridized carbons (Fsp3) is 0.176. The first-order valence-corrected chi connectivity index (χ1v) is 9.50. The lowest BCUT2D eigenvalue weighted by Gasteiger charge is -2.15. The molecule has 2 aromatic carbocycles. The van der Waals surface area contributed by atoms with Gasteiger partial charge in [0.15, 0.2) is 6.10 Å². The maximum absolute atomic E-state index is 12.3. The third-order valence-electron chi connectivity index (χ3n) is 3.26. The van der Waals surface area contributed by atoms with E-state index in [2.05, 4.69) is 5.32 Å². The van der Waals surface area contributed by atoms with Crippen LogP contribution in [0.5, 0.6) is 0 Å². The molecule has 25 heavy (non-hydrogen) atoms. The Hall–Kier alpha value is -1.89. The van der Waals surface area contributed by atoms with Crippen molar-refractivity contribution in [3.8, 4) is 0 Å². The molecule has 0 bridgehead atoms. The second-order valence-corrected chi connectivity index (χ2v) is 7.30. The van der Waals surface area contributed by atoms with E-state index in [9.17, 15) is 13.8 Å². The highest BCUT2D eigenvalue weighted by Gasteiger charge is 2.22. The molecule has 1 amide bonds. The fourth-order valence-electron chi connectivity index (χ4n) is 1.99. The summed E-state index contributed by atoms with van der Waals surface area (Å²) in [5.74, 6) is -1.27. The SMILES string of the molecule is C[C@H](OC(=O)c1ccccc1[S@@](C)=O)C(=O)Nc1ccc(Cl)cc1Cl. The van der Waals surface area contributed by atoms with E-state index >= 15 is 0 Å². The maximum Gasteiger partial charge on any atom is 0.340 e. The van der Waals surface area contributed by atoms with Gasteiger partial charge in [0.2, 0.25) is 0 Å². The average molecular weight is 400 g/mol. The Morgan fingerprint density at radius 3 is 2.48 bits per heavy atom. The van der Waals surface area contributed by atoms with E-state index in [1.54, 1.807) is 30.3 Å². The number of anilines is 1. The van der Waals surface area contributed by atoms with Gasteiger partial charge in [0.1, 0.15) is 0 Å². The predicted molar refractivity (Wildman–Crippen MR) is 98.7 cm³/mol. The minimum Gasteiger partial charge on any atom is -0.449 e. The van der Waals surface area contributed by atoms with Crippen molar-refractivity contribution in [3.05, 3.63) is 58.1 Å². The summed E-state index contributed by atoms with van der Waals surface area (Å²) in [6, 6.07) is 11.0. The van der Waals surface area contributed by atoms with Crippen LogP contribution in [0, 0.1) is 0 Å². The number of hydrogen-bond acceptors (Lipinski definition) is 4. The van der Waals surface area contributed by atoms with Crippen LogP contribution in [0.1, 0.15) is 17.3 Å². The molecular weight excluding hydrogens is 385 g/mol. The number of carbonyl (C=O) groups is 2. The summed E-state index contributed by atoms with van der Waals surface area (Å²) in [6.45, 7) is 1.43. The van der Waals surface area contributed by atoms with E-state index in [0.717, 1.165) is 0 Å². The molecule has 0 saturated heterocycles. The van der Waals surface area contributed by atoms with E-state index in [1.165, 1.54) is 25.3 Å². The lowest BCUT2D eigenvalue weighted by molar-refractivity contribution is -0.123. The first-order valence-electron chi connectivity index (χ1n) is 7.19. The lowest BCUT2D eigenvalue weighted by Crippen LogP contribution is -2.30. The topological polar surface area (TPSA) is 72.5 Å². The largest absolute Gasteiger partial charge is 0.449 e. The van der Waals surface area contributed by atoms with Crippen molar-refractivity contribution in [2.75, 3.05) is 11.6 Å². The van der Waals surface area contributed by atoms with Gasteiger partial charge in [0.05, 0.1) is 32.0 Å². The molecule has 0 fully saturated rings. The van der Waals surface area contributed by atoms with E-state index < -0.39 is 28.8 Å². The molecule has 1 N–H and O–H groups in total. The predicted octanol–water partition coefficient (Wildman–Crippen LogP) is 3.91. The Bertz CT molecular complexity index is 841. The molecule has 0 aliphatic heterocycles. The Morgan fingerprint density at radius 2 is 1.84 bits per heavy atom. The number of amides is 1. The summed E-state index contributed by atoms with van der Waals surface area (Å²) in [5.41, 5.74) is 0.515. The van der Waals surface area contributed by atoms with Crippen molar-refractivity contribution in [1.82, 2.24) is 0 Å². The zero-order chi connectivity index (χ0) is 18.6. The highest BCUT2D eigenvalue weighted by Crippen LogP contribution is 2.25. The summed E-state index contributed by atoms with van der Waals surface area (Å²) in [7, 11) is -1.35. The van der Waals surface area contributed by atoms with Crippen molar-refractivity contribution >= 4 is 51.6 Å². The van der Waals surface area contributed by atoms with Crippen LogP contribution in [0.25, 0.3) is 0 Å². The van der Waals surface area contributed by atoms with Gasteiger partial charge in [-0.25, -0.2) is 4.79 Å². The third kappa shape index (κ3) is 5.04. The van der Waals surface area contributed by atoms with Crippen molar-refractivity contribution < 1.29 is 18.5 Å². The number of carbonyl (C=O) groups excluding carboxylic acids is 2. The van der Waals surface area contributed by atoms with Crippen molar-refractivity contribution in [1.29, 1.82) is 0 Å². The van der Waals surface area contributed by atoms with E-state index in [1.807, 2.05) is 0 Å². The molecule has 0 radical (unpaired) electrons. The van der Waals surface area contributed by atoms with Gasteiger partial charge in [-0.3, -0.25) is 9.00 Å². The minimum absolute atomic E-state index is 0.160. The number of hydrogen-bond donors (Lipinski definition) is 1. The molecule has 132 valence electrons. The lowest BCUT2D eigenvalue weighted by atomic mass is 10.2. The fourth-order valence-corrected chi connectivity index (χ4v) is 3.18. The second-order valence-electron chi connectivity index (χ2n) is 5.11. The molecule has 0 aliphatic carbocycles. The summed E-state index contributed by atoms with van der Waals surface area (Å²) < 4.78 is 16.9. The van der Waals surface area contributed by atoms with Crippen LogP contribution in [-0.4, -0.2) is 28.4 Å². The number of esters is 1. The first kappa shape index (κ1) is 19.4. The van der Waals surface area contributed by atoms with Crippen LogP contribution in [0.3, 0.4) is 0 Å². The highest BCUT2D eigenvalue weighted by molar-refractivity contribution is 7.84. The molecule has 0 aromatic heterocycles. The molecule has 8 heteroatoms. The van der Waals surface area contributed by atoms with Gasteiger partial charge < -0.3 is 10.1 Å². The Balaban J connectivity index is 2.08. The molecule has 0 unspecified atom stereocenters. The van der Waals surface area contributed by atoms with Gasteiger partial charge in [0, 0.05) is 11.3 Å². The van der Waals surface area contributed by atoms with Crippen molar-refractivity contribution in [2.45, 2.75) is 17.9 Å². The molecule has 5 nitrogen and oxygen atoms in total. The number of ether oxygens (including phenoxy) is 1. The molecule has 2 aromatic rings. The first-order chi connectivity index (χ1) is 11.8. The van der Waals surface area contributed by atoms with E-state index in [4.69, 9.17) is 27.9 Å². The summed E-state index contributed by atoms with van der Waals surface area (Å²) >= 11 is 11.8. The highest BCUT2D eigenvalue weighted by atomic mass is 35.5. The smallest absolute Gasteiger partial charge is 0.340 e. The summed E-state index contributed by atoms with van der Waals surface area (Å²) in [5, 5.41) is 3.27. The van der Waals surface area contributed by atoms with Gasteiger partial charge in [-0.1, -0.05) is 35.3 Å². The van der Waals surface area contributed by atoms with Crippen LogP contribution < -0.4 is 5.32 Å². The van der Waals surface area contributed by atoms with Crippen LogP contribution in [0.4, 0.5) is 5.69 Å². The number of nitrogens with one attached hydrogen (secondary N) is 1. The van der Waals surface area contributed by atoms with Gasteiger partial charge in [0.25, 0.3) is 5.91 Å². The van der Waals surface area contributed by atoms with Crippen LogP contribution in [0.2, 0.25) is 10.0 Å². The molecule has 0 spiro atoms. The molecule has 0 saturated carbocycles. The molecular formula is C17H15Cl2NO4S.